The lowest BCUT2D eigenvalue weighted by Crippen LogP contribution is -1.94. The standard InChI is InChI=1S/C11H11NO/c12-6-11-9(7-13)2-1-3-10(11)8-4-5-8/h1-3,8,13H,4-5,7H2. The molecule has 1 fully saturated rings. The van der Waals surface area contributed by atoms with E-state index in [1.807, 2.05) is 18.2 Å². The number of aliphatic hydroxyl groups is 1. The molecule has 0 spiro atoms. The Bertz CT molecular complexity index is 361. The van der Waals surface area contributed by atoms with Crippen molar-refractivity contribution in [3.05, 3.63) is 34.9 Å². The van der Waals surface area contributed by atoms with Crippen LogP contribution in [0, 0.1) is 11.3 Å². The summed E-state index contributed by atoms with van der Waals surface area (Å²) < 4.78 is 0. The van der Waals surface area contributed by atoms with Crippen molar-refractivity contribution in [2.75, 3.05) is 0 Å². The highest BCUT2D eigenvalue weighted by Gasteiger charge is 2.26. The normalized spacial score (nSPS) is 15.4. The Morgan fingerprint density at radius 1 is 1.46 bits per heavy atom. The lowest BCUT2D eigenvalue weighted by Gasteiger charge is -2.05. The van der Waals surface area contributed by atoms with Gasteiger partial charge in [0.2, 0.25) is 0 Å². The van der Waals surface area contributed by atoms with E-state index in [0.717, 1.165) is 11.1 Å². The Balaban J connectivity index is 2.49. The molecule has 0 saturated heterocycles. The summed E-state index contributed by atoms with van der Waals surface area (Å²) in [4.78, 5) is 0. The third-order valence-electron chi connectivity index (χ3n) is 2.48. The highest BCUT2D eigenvalue weighted by atomic mass is 16.3. The maximum absolute atomic E-state index is 9.03. The van der Waals surface area contributed by atoms with Crippen LogP contribution in [0.25, 0.3) is 0 Å². The molecule has 1 aliphatic carbocycles. The van der Waals surface area contributed by atoms with Crippen molar-refractivity contribution in [1.29, 1.82) is 5.26 Å². The van der Waals surface area contributed by atoms with Gasteiger partial charge >= 0.3 is 0 Å². The predicted octanol–water partition coefficient (Wildman–Crippen LogP) is 1.93. The van der Waals surface area contributed by atoms with E-state index in [4.69, 9.17) is 10.4 Å². The van der Waals surface area contributed by atoms with Gasteiger partial charge in [0, 0.05) is 0 Å². The van der Waals surface area contributed by atoms with E-state index in [2.05, 4.69) is 6.07 Å². The van der Waals surface area contributed by atoms with E-state index in [1.54, 1.807) is 0 Å². The maximum Gasteiger partial charge on any atom is 0.0998 e. The molecule has 0 heterocycles. The minimum atomic E-state index is -0.0382. The average Bonchev–Trinajstić information content (AvgIpc) is 2.99. The second-order valence-corrected chi connectivity index (χ2v) is 3.43. The van der Waals surface area contributed by atoms with Crippen LogP contribution in [-0.4, -0.2) is 5.11 Å². The van der Waals surface area contributed by atoms with Crippen molar-refractivity contribution in [2.24, 2.45) is 0 Å². The van der Waals surface area contributed by atoms with Crippen LogP contribution in [0.3, 0.4) is 0 Å². The van der Waals surface area contributed by atoms with E-state index in [0.29, 0.717) is 11.5 Å². The zero-order valence-electron chi connectivity index (χ0n) is 7.33. The van der Waals surface area contributed by atoms with E-state index < -0.39 is 0 Å². The zero-order chi connectivity index (χ0) is 9.26. The van der Waals surface area contributed by atoms with Gasteiger partial charge in [-0.1, -0.05) is 18.2 Å². The van der Waals surface area contributed by atoms with Crippen molar-refractivity contribution in [2.45, 2.75) is 25.4 Å². The molecular weight excluding hydrogens is 162 g/mol. The molecule has 1 N–H and O–H groups in total. The highest BCUT2D eigenvalue weighted by Crippen LogP contribution is 2.42. The van der Waals surface area contributed by atoms with Crippen LogP contribution in [0.1, 0.15) is 35.4 Å². The fraction of sp³-hybridized carbons (Fsp3) is 0.364. The molecule has 0 atom stereocenters. The first-order valence-electron chi connectivity index (χ1n) is 4.49. The molecule has 13 heavy (non-hydrogen) atoms. The van der Waals surface area contributed by atoms with Gasteiger partial charge in [-0.2, -0.15) is 5.26 Å². The smallest absolute Gasteiger partial charge is 0.0998 e. The topological polar surface area (TPSA) is 44.0 Å². The summed E-state index contributed by atoms with van der Waals surface area (Å²) in [6.45, 7) is -0.0382. The summed E-state index contributed by atoms with van der Waals surface area (Å²) in [6, 6.07) is 7.90. The molecule has 0 amide bonds. The molecule has 0 radical (unpaired) electrons. The summed E-state index contributed by atoms with van der Waals surface area (Å²) in [7, 11) is 0. The van der Waals surface area contributed by atoms with Gasteiger partial charge in [-0.05, 0) is 29.9 Å². The van der Waals surface area contributed by atoms with E-state index >= 15 is 0 Å². The SMILES string of the molecule is N#Cc1c(CO)cccc1C1CC1. The number of benzene rings is 1. The Hall–Kier alpha value is -1.33. The lowest BCUT2D eigenvalue weighted by atomic mass is 9.99. The second-order valence-electron chi connectivity index (χ2n) is 3.43. The van der Waals surface area contributed by atoms with Crippen LogP contribution in [0.4, 0.5) is 0 Å². The summed E-state index contributed by atoms with van der Waals surface area (Å²) in [6.07, 6.45) is 2.37. The van der Waals surface area contributed by atoms with Crippen molar-refractivity contribution < 1.29 is 5.11 Å². The first-order valence-corrected chi connectivity index (χ1v) is 4.49. The fourth-order valence-corrected chi connectivity index (χ4v) is 1.62. The second kappa shape index (κ2) is 3.20. The highest BCUT2D eigenvalue weighted by molar-refractivity contribution is 5.47. The van der Waals surface area contributed by atoms with Gasteiger partial charge in [-0.25, -0.2) is 0 Å². The number of nitriles is 1. The van der Waals surface area contributed by atoms with Gasteiger partial charge in [-0.15, -0.1) is 0 Å². The van der Waals surface area contributed by atoms with Gasteiger partial charge in [-0.3, -0.25) is 0 Å². The van der Waals surface area contributed by atoms with Crippen molar-refractivity contribution >= 4 is 0 Å². The van der Waals surface area contributed by atoms with Crippen LogP contribution in [0.2, 0.25) is 0 Å². The molecule has 0 unspecified atom stereocenters. The number of hydrogen-bond donors (Lipinski definition) is 1. The number of rotatable bonds is 2. The largest absolute Gasteiger partial charge is 0.392 e. The average molecular weight is 173 g/mol. The van der Waals surface area contributed by atoms with Gasteiger partial charge in [0.1, 0.15) is 0 Å². The lowest BCUT2D eigenvalue weighted by molar-refractivity contribution is 0.281. The Morgan fingerprint density at radius 3 is 2.77 bits per heavy atom. The summed E-state index contributed by atoms with van der Waals surface area (Å²) in [5.41, 5.74) is 2.56. The monoisotopic (exact) mass is 173 g/mol. The predicted molar refractivity (Wildman–Crippen MR) is 49.1 cm³/mol. The van der Waals surface area contributed by atoms with Gasteiger partial charge < -0.3 is 5.11 Å². The third kappa shape index (κ3) is 1.43. The first-order chi connectivity index (χ1) is 6.36. The molecule has 0 bridgehead atoms. The molecule has 1 saturated carbocycles. The summed E-state index contributed by atoms with van der Waals surface area (Å²) >= 11 is 0. The number of nitrogens with zero attached hydrogens (tertiary/aromatic N) is 1. The molecule has 1 aromatic carbocycles. The Labute approximate surface area is 77.4 Å². The van der Waals surface area contributed by atoms with Crippen molar-refractivity contribution in [3.63, 3.8) is 0 Å². The van der Waals surface area contributed by atoms with Gasteiger partial charge in [0.05, 0.1) is 18.2 Å². The molecule has 1 aromatic rings. The van der Waals surface area contributed by atoms with E-state index in [9.17, 15) is 0 Å². The fourth-order valence-electron chi connectivity index (χ4n) is 1.62. The summed E-state index contributed by atoms with van der Waals surface area (Å²) in [5.74, 6) is 0.571. The van der Waals surface area contributed by atoms with E-state index in [1.165, 1.54) is 12.8 Å². The molecular formula is C11H11NO. The van der Waals surface area contributed by atoms with Crippen molar-refractivity contribution in [3.8, 4) is 6.07 Å². The van der Waals surface area contributed by atoms with Crippen LogP contribution in [0.15, 0.2) is 18.2 Å². The maximum atomic E-state index is 9.03. The zero-order valence-corrected chi connectivity index (χ0v) is 7.33. The minimum absolute atomic E-state index is 0.0382. The molecule has 2 rings (SSSR count). The van der Waals surface area contributed by atoms with Crippen LogP contribution in [-0.2, 0) is 6.61 Å². The Kier molecular flexibility index (Phi) is 2.03. The van der Waals surface area contributed by atoms with Crippen LogP contribution < -0.4 is 0 Å². The minimum Gasteiger partial charge on any atom is -0.392 e. The summed E-state index contributed by atoms with van der Waals surface area (Å²) in [5, 5.41) is 18.0. The molecule has 0 aliphatic heterocycles. The van der Waals surface area contributed by atoms with Crippen molar-refractivity contribution in [1.82, 2.24) is 0 Å². The Morgan fingerprint density at radius 2 is 2.23 bits per heavy atom. The van der Waals surface area contributed by atoms with Gasteiger partial charge in [0.15, 0.2) is 0 Å². The third-order valence-corrected chi connectivity index (χ3v) is 2.48. The van der Waals surface area contributed by atoms with E-state index in [-0.39, 0.29) is 6.61 Å². The molecule has 2 heteroatoms. The molecule has 1 aliphatic rings. The first kappa shape index (κ1) is 8.28. The van der Waals surface area contributed by atoms with Gasteiger partial charge in [0.25, 0.3) is 0 Å². The number of hydrogen-bond acceptors (Lipinski definition) is 2. The molecule has 2 nitrogen and oxygen atoms in total. The van der Waals surface area contributed by atoms with Crippen LogP contribution >= 0.6 is 0 Å². The molecule has 66 valence electrons. The quantitative estimate of drug-likeness (QED) is 0.742. The molecule has 0 aromatic heterocycles. The number of aliphatic hydroxyl groups excluding tert-OH is 1. The van der Waals surface area contributed by atoms with Crippen LogP contribution in [0.5, 0.6) is 0 Å².